The molecule has 20 heavy (non-hydrogen) atoms. The van der Waals surface area contributed by atoms with Gasteiger partial charge in [-0.2, -0.15) is 0 Å². The molecule has 5 heteroatoms. The van der Waals surface area contributed by atoms with E-state index in [2.05, 4.69) is 26.2 Å². The van der Waals surface area contributed by atoms with Crippen LogP contribution in [0, 0.1) is 0 Å². The maximum Gasteiger partial charge on any atom is 0.254 e. The van der Waals surface area contributed by atoms with Crippen LogP contribution in [0.3, 0.4) is 0 Å². The summed E-state index contributed by atoms with van der Waals surface area (Å²) in [6.45, 7) is 0.565. The zero-order valence-corrected chi connectivity index (χ0v) is 13.0. The van der Waals surface area contributed by atoms with Crippen molar-refractivity contribution >= 4 is 27.7 Å². The topological polar surface area (TPSA) is 45.2 Å². The molecule has 0 aliphatic carbocycles. The largest absolute Gasteiger partial charge is 0.373 e. The molecule has 0 bridgehead atoms. The summed E-state index contributed by atoms with van der Waals surface area (Å²) in [5, 5.41) is 2.93. The molecule has 1 aromatic heterocycles. The smallest absolute Gasteiger partial charge is 0.254 e. The van der Waals surface area contributed by atoms with Crippen molar-refractivity contribution in [1.29, 1.82) is 0 Å². The van der Waals surface area contributed by atoms with E-state index in [9.17, 15) is 4.79 Å². The molecular weight excluding hydrogens is 318 g/mol. The number of carbonyl (C=O) groups excluding carboxylic acids is 1. The molecule has 0 radical (unpaired) electrons. The van der Waals surface area contributed by atoms with Gasteiger partial charge in [0, 0.05) is 36.9 Å². The van der Waals surface area contributed by atoms with Crippen LogP contribution in [0.4, 0.5) is 5.82 Å². The Bertz CT molecular complexity index is 616. The van der Waals surface area contributed by atoms with Crippen LogP contribution in [0.15, 0.2) is 47.1 Å². The van der Waals surface area contributed by atoms with Crippen molar-refractivity contribution in [3.63, 3.8) is 0 Å². The number of pyridine rings is 1. The maximum atomic E-state index is 12.4. The van der Waals surface area contributed by atoms with Crippen molar-refractivity contribution in [2.24, 2.45) is 0 Å². The second-order valence-electron chi connectivity index (χ2n) is 4.47. The first-order chi connectivity index (χ1) is 9.60. The van der Waals surface area contributed by atoms with Crippen LogP contribution in [0.1, 0.15) is 15.9 Å². The molecule has 1 amide bonds. The Hall–Kier alpha value is -1.88. The van der Waals surface area contributed by atoms with Gasteiger partial charge in [0.2, 0.25) is 0 Å². The Balaban J connectivity index is 2.12. The fourth-order valence-corrected chi connectivity index (χ4v) is 2.35. The third-order valence-electron chi connectivity index (χ3n) is 2.92. The standard InChI is InChI=1S/C15H16BrN3O/c1-17-14-9-12(6-7-18-14)15(20)19(2)10-11-4-3-5-13(16)8-11/h3-9H,10H2,1-2H3,(H,17,18). The molecule has 0 spiro atoms. The zero-order valence-electron chi connectivity index (χ0n) is 11.4. The highest BCUT2D eigenvalue weighted by Gasteiger charge is 2.12. The maximum absolute atomic E-state index is 12.4. The first-order valence-electron chi connectivity index (χ1n) is 6.24. The normalized spacial score (nSPS) is 10.2. The lowest BCUT2D eigenvalue weighted by molar-refractivity contribution is 0.0785. The number of aromatic nitrogens is 1. The van der Waals surface area contributed by atoms with Gasteiger partial charge < -0.3 is 10.2 Å². The number of anilines is 1. The number of hydrogen-bond acceptors (Lipinski definition) is 3. The minimum Gasteiger partial charge on any atom is -0.373 e. The van der Waals surface area contributed by atoms with Gasteiger partial charge >= 0.3 is 0 Å². The van der Waals surface area contributed by atoms with E-state index in [0.717, 1.165) is 10.0 Å². The van der Waals surface area contributed by atoms with Crippen molar-refractivity contribution in [2.45, 2.75) is 6.54 Å². The molecule has 1 N–H and O–H groups in total. The molecule has 1 aromatic carbocycles. The van der Waals surface area contributed by atoms with Crippen LogP contribution < -0.4 is 5.32 Å². The van der Waals surface area contributed by atoms with Crippen molar-refractivity contribution < 1.29 is 4.79 Å². The van der Waals surface area contributed by atoms with Crippen molar-refractivity contribution in [1.82, 2.24) is 9.88 Å². The number of amides is 1. The lowest BCUT2D eigenvalue weighted by Gasteiger charge is -2.17. The molecule has 0 unspecified atom stereocenters. The van der Waals surface area contributed by atoms with Gasteiger partial charge in [-0.3, -0.25) is 4.79 Å². The molecule has 0 saturated heterocycles. The molecule has 0 aliphatic rings. The number of rotatable bonds is 4. The van der Waals surface area contributed by atoms with Crippen LogP contribution in [-0.2, 0) is 6.54 Å². The Labute approximate surface area is 127 Å². The first kappa shape index (κ1) is 14.5. The lowest BCUT2D eigenvalue weighted by atomic mass is 10.2. The molecule has 0 atom stereocenters. The second kappa shape index (κ2) is 6.52. The van der Waals surface area contributed by atoms with Gasteiger partial charge in [0.05, 0.1) is 0 Å². The highest BCUT2D eigenvalue weighted by atomic mass is 79.9. The third kappa shape index (κ3) is 3.57. The number of carbonyl (C=O) groups is 1. The van der Waals surface area contributed by atoms with Gasteiger partial charge in [-0.1, -0.05) is 28.1 Å². The Kier molecular flexibility index (Phi) is 4.74. The Morgan fingerprint density at radius 1 is 1.35 bits per heavy atom. The van der Waals surface area contributed by atoms with Crippen LogP contribution in [-0.4, -0.2) is 29.9 Å². The van der Waals surface area contributed by atoms with Gasteiger partial charge in [0.1, 0.15) is 5.82 Å². The number of halogens is 1. The van der Waals surface area contributed by atoms with E-state index >= 15 is 0 Å². The number of hydrogen-bond donors (Lipinski definition) is 1. The summed E-state index contributed by atoms with van der Waals surface area (Å²) in [6.07, 6.45) is 1.63. The van der Waals surface area contributed by atoms with E-state index in [1.807, 2.05) is 24.3 Å². The highest BCUT2D eigenvalue weighted by Crippen LogP contribution is 2.15. The molecule has 2 aromatic rings. The molecule has 0 fully saturated rings. The molecule has 2 rings (SSSR count). The predicted molar refractivity (Wildman–Crippen MR) is 83.7 cm³/mol. The van der Waals surface area contributed by atoms with Crippen molar-refractivity contribution in [3.05, 3.63) is 58.2 Å². The molecule has 0 saturated carbocycles. The molecule has 4 nitrogen and oxygen atoms in total. The number of benzene rings is 1. The number of nitrogens with one attached hydrogen (secondary N) is 1. The molecule has 104 valence electrons. The van der Waals surface area contributed by atoms with Gasteiger partial charge in [0.25, 0.3) is 5.91 Å². The summed E-state index contributed by atoms with van der Waals surface area (Å²) >= 11 is 3.43. The summed E-state index contributed by atoms with van der Waals surface area (Å²) in [5.41, 5.74) is 1.71. The van der Waals surface area contributed by atoms with Gasteiger partial charge in [0.15, 0.2) is 0 Å². The van der Waals surface area contributed by atoms with Crippen LogP contribution in [0.25, 0.3) is 0 Å². The predicted octanol–water partition coefficient (Wildman–Crippen LogP) is 3.16. The molecular formula is C15H16BrN3O. The first-order valence-corrected chi connectivity index (χ1v) is 7.03. The fourth-order valence-electron chi connectivity index (χ4n) is 1.90. The Morgan fingerprint density at radius 2 is 2.15 bits per heavy atom. The van der Waals surface area contributed by atoms with Gasteiger partial charge in [-0.15, -0.1) is 0 Å². The van der Waals surface area contributed by atoms with Crippen molar-refractivity contribution in [3.8, 4) is 0 Å². The van der Waals surface area contributed by atoms with Gasteiger partial charge in [-0.05, 0) is 29.8 Å². The quantitative estimate of drug-likeness (QED) is 0.934. The fraction of sp³-hybridized carbons (Fsp3) is 0.200. The molecule has 1 heterocycles. The lowest BCUT2D eigenvalue weighted by Crippen LogP contribution is -2.26. The van der Waals surface area contributed by atoms with Crippen LogP contribution in [0.2, 0.25) is 0 Å². The SMILES string of the molecule is CNc1cc(C(=O)N(C)Cc2cccc(Br)c2)ccn1. The van der Waals surface area contributed by atoms with Gasteiger partial charge in [-0.25, -0.2) is 4.98 Å². The van der Waals surface area contributed by atoms with E-state index in [4.69, 9.17) is 0 Å². The van der Waals surface area contributed by atoms with E-state index < -0.39 is 0 Å². The second-order valence-corrected chi connectivity index (χ2v) is 5.39. The summed E-state index contributed by atoms with van der Waals surface area (Å²) in [4.78, 5) is 18.2. The zero-order chi connectivity index (χ0) is 14.5. The average molecular weight is 334 g/mol. The monoisotopic (exact) mass is 333 g/mol. The van der Waals surface area contributed by atoms with Crippen LogP contribution in [0.5, 0.6) is 0 Å². The number of nitrogens with zero attached hydrogens (tertiary/aromatic N) is 2. The minimum absolute atomic E-state index is 0.0242. The summed E-state index contributed by atoms with van der Waals surface area (Å²) in [5.74, 6) is 0.663. The molecule has 0 aliphatic heterocycles. The minimum atomic E-state index is -0.0242. The summed E-state index contributed by atoms with van der Waals surface area (Å²) in [7, 11) is 3.57. The average Bonchev–Trinajstić information content (AvgIpc) is 2.46. The van der Waals surface area contributed by atoms with E-state index in [0.29, 0.717) is 17.9 Å². The van der Waals surface area contributed by atoms with Crippen molar-refractivity contribution in [2.75, 3.05) is 19.4 Å². The summed E-state index contributed by atoms with van der Waals surface area (Å²) < 4.78 is 1.01. The highest BCUT2D eigenvalue weighted by molar-refractivity contribution is 9.10. The Morgan fingerprint density at radius 3 is 2.85 bits per heavy atom. The van der Waals surface area contributed by atoms with E-state index in [1.165, 1.54) is 0 Å². The van der Waals surface area contributed by atoms with E-state index in [-0.39, 0.29) is 5.91 Å². The van der Waals surface area contributed by atoms with E-state index in [1.54, 1.807) is 37.3 Å². The summed E-state index contributed by atoms with van der Waals surface area (Å²) in [6, 6.07) is 11.4. The third-order valence-corrected chi connectivity index (χ3v) is 3.41. The van der Waals surface area contributed by atoms with Crippen LogP contribution >= 0.6 is 15.9 Å².